The lowest BCUT2D eigenvalue weighted by atomic mass is 10.0. The molecule has 2 saturated heterocycles. The Bertz CT molecular complexity index is 2900. The fourth-order valence-electron chi connectivity index (χ4n) is 11.1. The van der Waals surface area contributed by atoms with E-state index in [1.54, 1.807) is 80.8 Å². The summed E-state index contributed by atoms with van der Waals surface area (Å²) < 4.78 is 0. The zero-order valence-corrected chi connectivity index (χ0v) is 55.3. The number of rotatable bonds is 43. The number of carboxylic acid groups (broad SMARTS) is 1. The maximum absolute atomic E-state index is 14.7. The molecule has 0 bridgehead atoms. The number of hydrogen-bond acceptors (Lipinski definition) is 19. The van der Waals surface area contributed by atoms with Crippen molar-refractivity contribution in [3.05, 3.63) is 71.8 Å². The Hall–Kier alpha value is -8.30. The number of nitrogens with two attached hydrogens (primary N) is 6. The number of amides is 12. The van der Waals surface area contributed by atoms with E-state index in [9.17, 15) is 67.4 Å². The van der Waals surface area contributed by atoms with Crippen molar-refractivity contribution < 1.29 is 67.4 Å². The van der Waals surface area contributed by atoms with Crippen LogP contribution in [0.3, 0.4) is 0 Å². The quantitative estimate of drug-likeness (QED) is 0.0225. The predicted molar refractivity (Wildman–Crippen MR) is 354 cm³/mol. The second-order valence-corrected chi connectivity index (χ2v) is 25.2. The van der Waals surface area contributed by atoms with Gasteiger partial charge in [0.1, 0.15) is 60.7 Å². The molecule has 31 nitrogen and oxygen atoms in total. The van der Waals surface area contributed by atoms with E-state index in [4.69, 9.17) is 34.4 Å². The van der Waals surface area contributed by atoms with Gasteiger partial charge in [-0.1, -0.05) is 74.5 Å². The number of thioether (sulfide) groups is 1. The monoisotopic (exact) mass is 1350 g/mol. The van der Waals surface area contributed by atoms with E-state index >= 15 is 0 Å². The fourth-order valence-corrected chi connectivity index (χ4v) is 11.5. The predicted octanol–water partition coefficient (Wildman–Crippen LogP) is -3.59. The number of carbonyl (C=O) groups excluding carboxylic acids is 12. The Kier molecular flexibility index (Phi) is 34.6. The number of nitrogens with one attached hydrogen (secondary N) is 9. The molecule has 2 aliphatic heterocycles. The van der Waals surface area contributed by atoms with Crippen molar-refractivity contribution >= 4 is 88.6 Å². The molecule has 2 aromatic rings. The van der Waals surface area contributed by atoms with E-state index in [0.29, 0.717) is 61.9 Å². The highest BCUT2D eigenvalue weighted by Gasteiger charge is 2.42. The van der Waals surface area contributed by atoms with Gasteiger partial charge in [0.25, 0.3) is 0 Å². The minimum Gasteiger partial charge on any atom is -0.480 e. The number of aliphatic carboxylic acids is 1. The van der Waals surface area contributed by atoms with Crippen molar-refractivity contribution in [2.75, 3.05) is 44.7 Å². The molecule has 32 heteroatoms. The van der Waals surface area contributed by atoms with Gasteiger partial charge in [0.15, 0.2) is 0 Å². The fraction of sp³-hybridized carbons (Fsp3) is 0.603. The molecule has 10 atom stereocenters. The molecule has 2 aromatic carbocycles. The third-order valence-corrected chi connectivity index (χ3v) is 16.7. The number of likely N-dealkylation sites (tertiary alicyclic amines) is 2. The van der Waals surface area contributed by atoms with E-state index in [0.717, 1.165) is 0 Å². The molecule has 2 fully saturated rings. The van der Waals surface area contributed by atoms with Gasteiger partial charge in [-0.15, -0.1) is 0 Å². The summed E-state index contributed by atoms with van der Waals surface area (Å²) in [5.74, 6) is -10.4. The first-order valence-corrected chi connectivity index (χ1v) is 33.7. The summed E-state index contributed by atoms with van der Waals surface area (Å²) in [6.07, 6.45) is 2.29. The van der Waals surface area contributed by atoms with Crippen LogP contribution in [0.25, 0.3) is 0 Å². The number of nitrogens with zero attached hydrogens (tertiary/aromatic N) is 2. The van der Waals surface area contributed by atoms with Crippen molar-refractivity contribution in [1.82, 2.24) is 57.7 Å². The molecule has 2 aliphatic rings. The normalized spacial score (nSPS) is 17.0. The van der Waals surface area contributed by atoms with Crippen molar-refractivity contribution in [3.63, 3.8) is 0 Å². The number of benzene rings is 2. The van der Waals surface area contributed by atoms with Gasteiger partial charge in [-0.05, 0) is 126 Å². The molecule has 526 valence electrons. The van der Waals surface area contributed by atoms with Crippen LogP contribution in [0.2, 0.25) is 0 Å². The smallest absolute Gasteiger partial charge is 0.326 e. The van der Waals surface area contributed by atoms with Crippen molar-refractivity contribution in [2.45, 2.75) is 190 Å². The summed E-state index contributed by atoms with van der Waals surface area (Å²) in [4.78, 5) is 181. The minimum absolute atomic E-state index is 0.0747. The Morgan fingerprint density at radius 2 is 1.02 bits per heavy atom. The molecular weight excluding hydrogens is 1250 g/mol. The highest BCUT2D eigenvalue weighted by molar-refractivity contribution is 7.98. The number of primary amides is 2. The van der Waals surface area contributed by atoms with E-state index in [1.807, 2.05) is 0 Å². The third kappa shape index (κ3) is 27.9. The van der Waals surface area contributed by atoms with Crippen LogP contribution in [-0.4, -0.2) is 203 Å². The first-order valence-electron chi connectivity index (χ1n) is 32.3. The van der Waals surface area contributed by atoms with Gasteiger partial charge < -0.3 is 91.8 Å². The lowest BCUT2D eigenvalue weighted by molar-refractivity contribution is -0.144. The Balaban J connectivity index is 1.56. The van der Waals surface area contributed by atoms with E-state index in [2.05, 4.69) is 47.9 Å². The lowest BCUT2D eigenvalue weighted by Gasteiger charge is -2.32. The molecule has 0 unspecified atom stereocenters. The summed E-state index contributed by atoms with van der Waals surface area (Å²) in [6, 6.07) is 4.19. The second kappa shape index (κ2) is 41.5. The SMILES string of the molecule is CSCC[C@H](NC(=O)[C@H](CC(C)C)NC(=O)CNC(=O)[C@H](Cc1ccccc1)NC(=O)[C@H](Cc1ccccc1)NC(=O)[C@H](CCC(N)=O)NC(=O)[C@H](CCC(N)=O)NC(=O)[C@@H]1CCCN1C(=O)[C@H](CCCCN)NC(=O)[C@@H]1CCCN1C(=O)[C@@H](N)CCCNC(N)N)C(=O)O. The zero-order chi connectivity index (χ0) is 70.1. The first-order chi connectivity index (χ1) is 45.2. The third-order valence-electron chi connectivity index (χ3n) is 16.1. The minimum atomic E-state index is -1.65. The second-order valence-electron chi connectivity index (χ2n) is 24.2. The summed E-state index contributed by atoms with van der Waals surface area (Å²) in [5.41, 5.74) is 35.4. The maximum Gasteiger partial charge on any atom is 0.326 e. The highest BCUT2D eigenvalue weighted by atomic mass is 32.2. The Morgan fingerprint density at radius 3 is 1.52 bits per heavy atom. The molecule has 22 N–H and O–H groups in total. The van der Waals surface area contributed by atoms with Crippen molar-refractivity contribution in [1.29, 1.82) is 0 Å². The average Bonchev–Trinajstić information content (AvgIpc) is 1.74. The van der Waals surface area contributed by atoms with Gasteiger partial charge in [0, 0.05) is 38.8 Å². The van der Waals surface area contributed by atoms with Crippen LogP contribution in [-0.2, 0) is 75.2 Å². The van der Waals surface area contributed by atoms with Crippen LogP contribution in [0.5, 0.6) is 0 Å². The van der Waals surface area contributed by atoms with Gasteiger partial charge in [-0.3, -0.25) is 62.9 Å². The van der Waals surface area contributed by atoms with Crippen LogP contribution in [0.15, 0.2) is 60.7 Å². The van der Waals surface area contributed by atoms with Crippen LogP contribution >= 0.6 is 11.8 Å². The summed E-state index contributed by atoms with van der Waals surface area (Å²) in [5, 5.41) is 33.5. The highest BCUT2D eigenvalue weighted by Crippen LogP contribution is 2.24. The largest absolute Gasteiger partial charge is 0.480 e. The van der Waals surface area contributed by atoms with Gasteiger partial charge in [0.2, 0.25) is 70.9 Å². The number of carboxylic acids is 1. The molecule has 0 aliphatic carbocycles. The van der Waals surface area contributed by atoms with Crippen molar-refractivity contribution in [3.8, 4) is 0 Å². The Morgan fingerprint density at radius 1 is 0.547 bits per heavy atom. The molecule has 4 rings (SSSR count). The Labute approximate surface area is 558 Å². The van der Waals surface area contributed by atoms with Crippen LogP contribution < -0.4 is 82.3 Å². The van der Waals surface area contributed by atoms with Crippen LogP contribution in [0, 0.1) is 5.92 Å². The number of hydrogen-bond donors (Lipinski definition) is 16. The molecular formula is C63H99N17O14S. The molecule has 12 amide bonds. The summed E-state index contributed by atoms with van der Waals surface area (Å²) in [6.45, 7) is 3.97. The topological polar surface area (TPSA) is 513 Å². The molecule has 2 heterocycles. The number of carbonyl (C=O) groups is 13. The van der Waals surface area contributed by atoms with Crippen LogP contribution in [0.4, 0.5) is 0 Å². The van der Waals surface area contributed by atoms with Crippen LogP contribution in [0.1, 0.15) is 121 Å². The zero-order valence-electron chi connectivity index (χ0n) is 54.5. The first kappa shape index (κ1) is 79.1. The molecule has 0 saturated carbocycles. The summed E-state index contributed by atoms with van der Waals surface area (Å²) in [7, 11) is 0. The van der Waals surface area contributed by atoms with Gasteiger partial charge in [0.05, 0.1) is 12.6 Å². The lowest BCUT2D eigenvalue weighted by Crippen LogP contribution is -2.60. The summed E-state index contributed by atoms with van der Waals surface area (Å²) >= 11 is 1.40. The average molecular weight is 1350 g/mol. The van der Waals surface area contributed by atoms with Gasteiger partial charge >= 0.3 is 5.97 Å². The van der Waals surface area contributed by atoms with E-state index in [1.165, 1.54) is 21.6 Å². The maximum atomic E-state index is 14.7. The molecule has 0 spiro atoms. The van der Waals surface area contributed by atoms with Gasteiger partial charge in [-0.25, -0.2) is 4.79 Å². The molecule has 0 aromatic heterocycles. The van der Waals surface area contributed by atoms with E-state index in [-0.39, 0.29) is 70.5 Å². The van der Waals surface area contributed by atoms with Gasteiger partial charge in [-0.2, -0.15) is 11.8 Å². The van der Waals surface area contributed by atoms with E-state index < -0.39 is 176 Å². The van der Waals surface area contributed by atoms with Crippen molar-refractivity contribution in [2.24, 2.45) is 40.3 Å². The standard InChI is InChI=1S/C63H99N17O14S/c1-37(2)33-45(56(87)76-44(62(93)94)27-32-95-3)72-52(83)36-71-53(84)46(34-38-15-6-4-7-16-38)77-57(88)47(35-39-17-8-5-9-18-39)78-55(86)41(23-25-50(66)81)73-54(85)42(24-26-51(67)82)74-58(89)49-22-14-31-80(49)61(92)43(20-10-11-28-64)75-59(90)48-21-13-30-79(48)60(91)40(65)19-12-29-70-63(68)69/h4-9,15-18,37,40-49,63,70H,10-14,19-36,64-65,68-69H2,1-3H3,(H2,66,81)(H2,67,82)(H,71,84)(H,72,83)(H,73,85)(H,74,89)(H,75,90)(H,76,87)(H,77,88)(H,78,86)(H,93,94)/t40-,41-,42-,43-,44-,45-,46-,47-,48-,49-/m0/s1. The molecule has 0 radical (unpaired) electrons. The molecule has 95 heavy (non-hydrogen) atoms. The number of unbranched alkanes of at least 4 members (excludes halogenated alkanes) is 1.